The SMILES string of the molecule is CCOC(=O)C1=C(OS(=O)(=O)CC23CCC(CC2=O)C3(C)C)C(=O)O[C@H]1C. The minimum absolute atomic E-state index is 0.0520. The van der Waals surface area contributed by atoms with Gasteiger partial charge < -0.3 is 13.7 Å². The van der Waals surface area contributed by atoms with Crippen LogP contribution in [0.3, 0.4) is 0 Å². The number of ketones is 1. The summed E-state index contributed by atoms with van der Waals surface area (Å²) in [5.74, 6) is -3.03. The Balaban J connectivity index is 1.91. The van der Waals surface area contributed by atoms with Crippen LogP contribution in [0.4, 0.5) is 0 Å². The highest BCUT2D eigenvalue weighted by Crippen LogP contribution is 2.64. The van der Waals surface area contributed by atoms with Crippen molar-refractivity contribution in [1.82, 2.24) is 0 Å². The molecule has 150 valence electrons. The minimum atomic E-state index is -4.32. The van der Waals surface area contributed by atoms with Crippen molar-refractivity contribution in [2.75, 3.05) is 12.4 Å². The Morgan fingerprint density at radius 3 is 2.48 bits per heavy atom. The Hall–Kier alpha value is -1.90. The zero-order valence-corrected chi connectivity index (χ0v) is 16.7. The molecular weight excluding hydrogens is 376 g/mol. The molecule has 2 saturated carbocycles. The fourth-order valence-electron chi connectivity index (χ4n) is 4.68. The fourth-order valence-corrected chi connectivity index (χ4v) is 6.43. The average molecular weight is 400 g/mol. The predicted octanol–water partition coefficient (Wildman–Crippen LogP) is 1.49. The Morgan fingerprint density at radius 1 is 1.30 bits per heavy atom. The second-order valence-electron chi connectivity index (χ2n) is 7.96. The van der Waals surface area contributed by atoms with E-state index in [4.69, 9.17) is 13.7 Å². The van der Waals surface area contributed by atoms with E-state index in [1.807, 2.05) is 13.8 Å². The number of rotatable bonds is 6. The van der Waals surface area contributed by atoms with E-state index in [-0.39, 0.29) is 23.9 Å². The maximum atomic E-state index is 12.8. The molecular formula is C18H24O8S. The van der Waals surface area contributed by atoms with Crippen molar-refractivity contribution in [2.45, 2.75) is 53.1 Å². The lowest BCUT2D eigenvalue weighted by atomic mass is 9.70. The number of ether oxygens (including phenoxy) is 2. The van der Waals surface area contributed by atoms with Crippen molar-refractivity contribution in [2.24, 2.45) is 16.7 Å². The predicted molar refractivity (Wildman–Crippen MR) is 92.6 cm³/mol. The van der Waals surface area contributed by atoms with Crippen LogP contribution in [0.25, 0.3) is 0 Å². The van der Waals surface area contributed by atoms with Gasteiger partial charge in [0.1, 0.15) is 17.5 Å². The monoisotopic (exact) mass is 400 g/mol. The summed E-state index contributed by atoms with van der Waals surface area (Å²) in [4.78, 5) is 36.7. The highest BCUT2D eigenvalue weighted by atomic mass is 32.2. The molecule has 0 saturated heterocycles. The number of Topliss-reactive ketones (excluding diaryl/α,β-unsaturated/α-hetero) is 1. The van der Waals surface area contributed by atoms with Crippen LogP contribution in [0.2, 0.25) is 0 Å². The minimum Gasteiger partial charge on any atom is -0.462 e. The first-order chi connectivity index (χ1) is 12.4. The van der Waals surface area contributed by atoms with Crippen LogP contribution < -0.4 is 0 Å². The van der Waals surface area contributed by atoms with Crippen LogP contribution in [0.1, 0.15) is 47.0 Å². The Kier molecular flexibility index (Phi) is 4.65. The van der Waals surface area contributed by atoms with Crippen molar-refractivity contribution >= 4 is 27.8 Å². The second kappa shape index (κ2) is 6.32. The molecule has 0 aromatic carbocycles. The molecule has 2 bridgehead atoms. The number of carbonyl (C=O) groups excluding carboxylic acids is 3. The lowest BCUT2D eigenvalue weighted by molar-refractivity contribution is -0.142. The third-order valence-electron chi connectivity index (χ3n) is 6.39. The molecule has 2 fully saturated rings. The number of hydrogen-bond acceptors (Lipinski definition) is 8. The molecule has 1 aliphatic heterocycles. The third-order valence-corrected chi connectivity index (χ3v) is 7.66. The number of cyclic esters (lactones) is 1. The smallest absolute Gasteiger partial charge is 0.376 e. The van der Waals surface area contributed by atoms with Gasteiger partial charge in [-0.3, -0.25) is 4.79 Å². The molecule has 3 rings (SSSR count). The van der Waals surface area contributed by atoms with Gasteiger partial charge in [0, 0.05) is 6.42 Å². The molecule has 0 radical (unpaired) electrons. The summed E-state index contributed by atoms with van der Waals surface area (Å²) < 4.78 is 40.4. The summed E-state index contributed by atoms with van der Waals surface area (Å²) in [5.41, 5.74) is -1.76. The van der Waals surface area contributed by atoms with Crippen molar-refractivity contribution < 1.29 is 36.5 Å². The van der Waals surface area contributed by atoms with Gasteiger partial charge in [-0.05, 0) is 38.0 Å². The van der Waals surface area contributed by atoms with Gasteiger partial charge in [-0.1, -0.05) is 13.8 Å². The first-order valence-corrected chi connectivity index (χ1v) is 10.6. The Bertz CT molecular complexity index is 837. The molecule has 9 heteroatoms. The van der Waals surface area contributed by atoms with Crippen LogP contribution in [0.5, 0.6) is 0 Å². The first kappa shape index (κ1) is 19.9. The summed E-state index contributed by atoms with van der Waals surface area (Å²) >= 11 is 0. The molecule has 0 spiro atoms. The molecule has 3 atom stereocenters. The molecule has 8 nitrogen and oxygen atoms in total. The largest absolute Gasteiger partial charge is 0.462 e. The van der Waals surface area contributed by atoms with E-state index in [9.17, 15) is 22.8 Å². The second-order valence-corrected chi connectivity index (χ2v) is 9.53. The molecule has 0 amide bonds. The van der Waals surface area contributed by atoms with Crippen LogP contribution >= 0.6 is 0 Å². The van der Waals surface area contributed by atoms with E-state index in [2.05, 4.69) is 0 Å². The lowest BCUT2D eigenvalue weighted by Gasteiger charge is -2.35. The molecule has 0 N–H and O–H groups in total. The molecule has 0 aromatic rings. The molecule has 27 heavy (non-hydrogen) atoms. The van der Waals surface area contributed by atoms with Crippen molar-refractivity contribution in [3.05, 3.63) is 11.3 Å². The topological polar surface area (TPSA) is 113 Å². The van der Waals surface area contributed by atoms with E-state index >= 15 is 0 Å². The van der Waals surface area contributed by atoms with E-state index in [1.54, 1.807) is 6.92 Å². The fraction of sp³-hybridized carbons (Fsp3) is 0.722. The van der Waals surface area contributed by atoms with Crippen LogP contribution in [-0.2, 0) is 38.2 Å². The number of carbonyl (C=O) groups is 3. The normalized spacial score (nSPS) is 32.0. The standard InChI is InChI=1S/C18H24O8S/c1-5-24-15(20)13-10(2)25-16(21)14(13)26-27(22,23)9-18-7-6-11(8-12(18)19)17(18,3)4/h10-11H,5-9H2,1-4H3/t10-,11?,18?/m0/s1. The summed E-state index contributed by atoms with van der Waals surface area (Å²) in [6.45, 7) is 6.87. The van der Waals surface area contributed by atoms with Gasteiger partial charge in [-0.2, -0.15) is 8.42 Å². The zero-order valence-electron chi connectivity index (χ0n) is 15.9. The number of fused-ring (bicyclic) bond motifs is 2. The number of hydrogen-bond donors (Lipinski definition) is 0. The molecule has 2 aliphatic carbocycles. The zero-order chi connectivity index (χ0) is 20.2. The highest BCUT2D eigenvalue weighted by molar-refractivity contribution is 7.86. The summed E-state index contributed by atoms with van der Waals surface area (Å²) in [6.07, 6.45) is 0.638. The van der Waals surface area contributed by atoms with Crippen LogP contribution in [0, 0.1) is 16.7 Å². The van der Waals surface area contributed by atoms with Gasteiger partial charge in [0.2, 0.25) is 5.76 Å². The maximum Gasteiger partial charge on any atom is 0.376 e. The van der Waals surface area contributed by atoms with Gasteiger partial charge in [0.15, 0.2) is 0 Å². The number of esters is 2. The average Bonchev–Trinajstić information content (AvgIpc) is 3.01. The van der Waals surface area contributed by atoms with Crippen LogP contribution in [0.15, 0.2) is 11.3 Å². The summed E-state index contributed by atoms with van der Waals surface area (Å²) in [6, 6.07) is 0. The maximum absolute atomic E-state index is 12.8. The summed E-state index contributed by atoms with van der Waals surface area (Å²) in [7, 11) is -4.32. The van der Waals surface area contributed by atoms with Gasteiger partial charge in [0.05, 0.1) is 17.8 Å². The highest BCUT2D eigenvalue weighted by Gasteiger charge is 2.65. The molecule has 2 unspecified atom stereocenters. The molecule has 0 aromatic heterocycles. The first-order valence-electron chi connectivity index (χ1n) is 9.03. The third kappa shape index (κ3) is 2.96. The van der Waals surface area contributed by atoms with Gasteiger partial charge in [0.25, 0.3) is 0 Å². The summed E-state index contributed by atoms with van der Waals surface area (Å²) in [5, 5.41) is 0. The quantitative estimate of drug-likeness (QED) is 0.487. The molecule has 3 aliphatic rings. The van der Waals surface area contributed by atoms with E-state index in [1.165, 1.54) is 6.92 Å². The van der Waals surface area contributed by atoms with Crippen LogP contribution in [-0.4, -0.2) is 44.6 Å². The van der Waals surface area contributed by atoms with Gasteiger partial charge >= 0.3 is 22.1 Å². The van der Waals surface area contributed by atoms with Crippen molar-refractivity contribution in [3.8, 4) is 0 Å². The van der Waals surface area contributed by atoms with E-state index in [0.29, 0.717) is 12.8 Å². The van der Waals surface area contributed by atoms with Gasteiger partial charge in [-0.15, -0.1) is 0 Å². The Morgan fingerprint density at radius 2 is 1.96 bits per heavy atom. The molecule has 1 heterocycles. The van der Waals surface area contributed by atoms with Gasteiger partial charge in [-0.25, -0.2) is 9.59 Å². The van der Waals surface area contributed by atoms with E-state index in [0.717, 1.165) is 6.42 Å². The van der Waals surface area contributed by atoms with Crippen molar-refractivity contribution in [3.63, 3.8) is 0 Å². The Labute approximate surface area is 158 Å². The van der Waals surface area contributed by atoms with Crippen molar-refractivity contribution in [1.29, 1.82) is 0 Å². The lowest BCUT2D eigenvalue weighted by Crippen LogP contribution is -2.42. The van der Waals surface area contributed by atoms with E-state index < -0.39 is 50.5 Å².